The normalized spacial score (nSPS) is 13.7. The summed E-state index contributed by atoms with van der Waals surface area (Å²) >= 11 is 0. The lowest BCUT2D eigenvalue weighted by Crippen LogP contribution is -2.38. The van der Waals surface area contributed by atoms with Crippen LogP contribution in [0.5, 0.6) is 0 Å². The minimum Gasteiger partial charge on any atom is -0.481 e. The molecule has 6 nitrogen and oxygen atoms in total. The molecule has 0 aromatic heterocycles. The van der Waals surface area contributed by atoms with Gasteiger partial charge in [-0.25, -0.2) is 0 Å². The molecule has 1 aliphatic rings. The minimum absolute atomic E-state index is 0.0636. The maximum Gasteiger partial charge on any atom is 0.304 e. The molecule has 0 unspecified atom stereocenters. The Bertz CT molecular complexity index is 1280. The van der Waals surface area contributed by atoms with E-state index in [4.69, 9.17) is 0 Å². The molecule has 198 valence electrons. The number of hydrogen-bond acceptors (Lipinski definition) is 3. The van der Waals surface area contributed by atoms with Gasteiger partial charge in [0.2, 0.25) is 5.91 Å². The van der Waals surface area contributed by atoms with Gasteiger partial charge in [-0.05, 0) is 59.1 Å². The van der Waals surface area contributed by atoms with E-state index in [1.54, 1.807) is 0 Å². The lowest BCUT2D eigenvalue weighted by atomic mass is 9.93. The van der Waals surface area contributed by atoms with Crippen LogP contribution in [0.1, 0.15) is 53.7 Å². The number of carbonyl (C=O) groups is 3. The van der Waals surface area contributed by atoms with E-state index >= 15 is 0 Å². The van der Waals surface area contributed by atoms with E-state index < -0.39 is 11.9 Å². The largest absolute Gasteiger partial charge is 0.481 e. The molecule has 0 saturated carbocycles. The van der Waals surface area contributed by atoms with Gasteiger partial charge in [-0.15, -0.1) is 0 Å². The van der Waals surface area contributed by atoms with E-state index in [1.807, 2.05) is 86.5 Å². The van der Waals surface area contributed by atoms with Crippen LogP contribution in [0.25, 0.3) is 11.1 Å². The van der Waals surface area contributed by atoms with Crippen LogP contribution in [-0.2, 0) is 29.0 Å². The number of nitrogens with zero attached hydrogens (tertiary/aromatic N) is 1. The van der Waals surface area contributed by atoms with Gasteiger partial charge >= 0.3 is 5.97 Å². The molecule has 1 atom stereocenters. The molecule has 2 N–H and O–H groups in total. The fraction of sp³-hybridized carbons (Fsp3) is 0.344. The van der Waals surface area contributed by atoms with Crippen molar-refractivity contribution in [1.29, 1.82) is 0 Å². The summed E-state index contributed by atoms with van der Waals surface area (Å²) < 4.78 is 0. The molecule has 0 aliphatic heterocycles. The monoisotopic (exact) mass is 512 g/mol. The highest BCUT2D eigenvalue weighted by Crippen LogP contribution is 2.28. The van der Waals surface area contributed by atoms with Crippen LogP contribution in [0.3, 0.4) is 0 Å². The van der Waals surface area contributed by atoms with Gasteiger partial charge in [-0.1, -0.05) is 80.6 Å². The van der Waals surface area contributed by atoms with Crippen molar-refractivity contribution in [2.45, 2.75) is 52.1 Å². The van der Waals surface area contributed by atoms with Crippen LogP contribution in [0.2, 0.25) is 0 Å². The summed E-state index contributed by atoms with van der Waals surface area (Å²) in [5.74, 6) is -1.81. The SMILES string of the molecule is CC(C)C[C@H](CC(=O)O)C(=O)NCc1ccc(-c2ccccc2)cc1C(=O)N(C)C1Cc2ccccc2C1. The molecule has 4 rings (SSSR count). The fourth-order valence-electron chi connectivity index (χ4n) is 5.29. The second-order valence-corrected chi connectivity index (χ2v) is 10.6. The van der Waals surface area contributed by atoms with E-state index in [0.717, 1.165) is 24.0 Å². The summed E-state index contributed by atoms with van der Waals surface area (Å²) in [7, 11) is 1.85. The van der Waals surface area contributed by atoms with Gasteiger partial charge in [0.25, 0.3) is 5.91 Å². The van der Waals surface area contributed by atoms with E-state index in [9.17, 15) is 19.5 Å². The first kappa shape index (κ1) is 27.1. The molecule has 0 spiro atoms. The summed E-state index contributed by atoms with van der Waals surface area (Å²) in [6, 6.07) is 24.0. The van der Waals surface area contributed by atoms with E-state index in [1.165, 1.54) is 11.1 Å². The first-order chi connectivity index (χ1) is 18.2. The summed E-state index contributed by atoms with van der Waals surface area (Å²) in [5, 5.41) is 12.2. The molecular weight excluding hydrogens is 476 g/mol. The van der Waals surface area contributed by atoms with Gasteiger partial charge in [-0.3, -0.25) is 14.4 Å². The molecule has 6 heteroatoms. The van der Waals surface area contributed by atoms with Crippen LogP contribution in [0, 0.1) is 11.8 Å². The van der Waals surface area contributed by atoms with Gasteiger partial charge in [0.15, 0.2) is 0 Å². The van der Waals surface area contributed by atoms with Crippen molar-refractivity contribution in [3.05, 3.63) is 95.1 Å². The molecule has 3 aromatic carbocycles. The molecule has 3 aromatic rings. The Labute approximate surface area is 224 Å². The second-order valence-electron chi connectivity index (χ2n) is 10.6. The smallest absolute Gasteiger partial charge is 0.304 e. The summed E-state index contributed by atoms with van der Waals surface area (Å²) in [4.78, 5) is 40.0. The van der Waals surface area contributed by atoms with Crippen molar-refractivity contribution in [1.82, 2.24) is 10.2 Å². The fourth-order valence-corrected chi connectivity index (χ4v) is 5.29. The van der Waals surface area contributed by atoms with Crippen LogP contribution >= 0.6 is 0 Å². The second kappa shape index (κ2) is 12.1. The Hall–Kier alpha value is -3.93. The van der Waals surface area contributed by atoms with Crippen molar-refractivity contribution in [2.24, 2.45) is 11.8 Å². The van der Waals surface area contributed by atoms with Crippen LogP contribution in [0.4, 0.5) is 0 Å². The van der Waals surface area contributed by atoms with Gasteiger partial charge in [0.1, 0.15) is 0 Å². The third-order valence-electron chi connectivity index (χ3n) is 7.35. The third kappa shape index (κ3) is 6.49. The number of rotatable bonds is 10. The van der Waals surface area contributed by atoms with Crippen LogP contribution in [0.15, 0.2) is 72.8 Å². The van der Waals surface area contributed by atoms with Crippen molar-refractivity contribution in [2.75, 3.05) is 7.05 Å². The number of carboxylic acid groups (broad SMARTS) is 1. The number of nitrogens with one attached hydrogen (secondary N) is 1. The zero-order valence-corrected chi connectivity index (χ0v) is 22.3. The highest BCUT2D eigenvalue weighted by molar-refractivity contribution is 5.97. The summed E-state index contributed by atoms with van der Waals surface area (Å²) in [6.07, 6.45) is 1.90. The molecule has 0 bridgehead atoms. The standard InChI is InChI=1S/C32H36N2O4/c1-21(2)15-27(19-30(35)36)31(37)33-20-26-14-13-25(22-9-5-4-6-10-22)18-29(26)32(38)34(3)28-16-23-11-7-8-12-24(23)17-28/h4-14,18,21,27-28H,15-17,19-20H2,1-3H3,(H,33,37)(H,35,36)/t27-/m1/s1. The molecule has 0 saturated heterocycles. The Kier molecular flexibility index (Phi) is 8.62. The van der Waals surface area contributed by atoms with Crippen LogP contribution in [-0.4, -0.2) is 40.9 Å². The van der Waals surface area contributed by atoms with Gasteiger partial charge in [0.05, 0.1) is 6.42 Å². The van der Waals surface area contributed by atoms with Gasteiger partial charge in [-0.2, -0.15) is 0 Å². The first-order valence-corrected chi connectivity index (χ1v) is 13.2. The number of aliphatic carboxylic acids is 1. The number of likely N-dealkylation sites (N-methyl/N-ethyl adjacent to an activating group) is 1. The zero-order valence-electron chi connectivity index (χ0n) is 22.3. The van der Waals surface area contributed by atoms with E-state index in [0.29, 0.717) is 17.5 Å². The van der Waals surface area contributed by atoms with E-state index in [2.05, 4.69) is 17.4 Å². The van der Waals surface area contributed by atoms with Gasteiger partial charge in [0, 0.05) is 31.1 Å². The number of benzene rings is 3. The lowest BCUT2D eigenvalue weighted by Gasteiger charge is -2.26. The topological polar surface area (TPSA) is 86.7 Å². The molecule has 1 aliphatic carbocycles. The predicted octanol–water partition coefficient (Wildman–Crippen LogP) is 5.35. The minimum atomic E-state index is -0.993. The average Bonchev–Trinajstić information content (AvgIpc) is 3.35. The van der Waals surface area contributed by atoms with Crippen LogP contribution < -0.4 is 5.32 Å². The third-order valence-corrected chi connectivity index (χ3v) is 7.35. The van der Waals surface area contributed by atoms with E-state index in [-0.39, 0.29) is 36.7 Å². The molecule has 0 heterocycles. The predicted molar refractivity (Wildman–Crippen MR) is 149 cm³/mol. The highest BCUT2D eigenvalue weighted by atomic mass is 16.4. The summed E-state index contributed by atoms with van der Waals surface area (Å²) in [6.45, 7) is 4.10. The Morgan fingerprint density at radius 3 is 2.16 bits per heavy atom. The van der Waals surface area contributed by atoms with Crippen molar-refractivity contribution in [3.63, 3.8) is 0 Å². The number of hydrogen-bond donors (Lipinski definition) is 2. The molecule has 2 amide bonds. The van der Waals surface area contributed by atoms with Crippen molar-refractivity contribution in [3.8, 4) is 11.1 Å². The maximum atomic E-state index is 13.9. The van der Waals surface area contributed by atoms with Gasteiger partial charge < -0.3 is 15.3 Å². The average molecular weight is 513 g/mol. The number of amides is 2. The lowest BCUT2D eigenvalue weighted by molar-refractivity contribution is -0.141. The number of carbonyl (C=O) groups excluding carboxylic acids is 2. The molecule has 0 fully saturated rings. The van der Waals surface area contributed by atoms with Crippen molar-refractivity contribution >= 4 is 17.8 Å². The maximum absolute atomic E-state index is 13.9. The Morgan fingerprint density at radius 1 is 0.921 bits per heavy atom. The number of carboxylic acids is 1. The summed E-state index contributed by atoms with van der Waals surface area (Å²) in [5.41, 5.74) is 5.74. The number of fused-ring (bicyclic) bond motifs is 1. The highest BCUT2D eigenvalue weighted by Gasteiger charge is 2.29. The quantitative estimate of drug-likeness (QED) is 0.384. The Balaban J connectivity index is 1.58. The van der Waals surface area contributed by atoms with Crippen molar-refractivity contribution < 1.29 is 19.5 Å². The first-order valence-electron chi connectivity index (χ1n) is 13.2. The Morgan fingerprint density at radius 2 is 1.55 bits per heavy atom. The molecular formula is C32H36N2O4. The molecule has 38 heavy (non-hydrogen) atoms. The zero-order chi connectivity index (χ0) is 27.2. The molecule has 0 radical (unpaired) electrons.